The van der Waals surface area contributed by atoms with Gasteiger partial charge in [0.25, 0.3) is 0 Å². The molecule has 1 aliphatic rings. The van der Waals surface area contributed by atoms with E-state index in [4.69, 9.17) is 0 Å². The largest absolute Gasteiger partial charge is 0.355 e. The second-order valence-corrected chi connectivity index (χ2v) is 4.22. The number of hydrogen-bond donors (Lipinski definition) is 1. The Bertz CT molecular complexity index is 243. The lowest BCUT2D eigenvalue weighted by Crippen LogP contribution is -2.24. The second-order valence-electron chi connectivity index (χ2n) is 4.22. The van der Waals surface area contributed by atoms with Crippen molar-refractivity contribution in [1.29, 1.82) is 0 Å². The van der Waals surface area contributed by atoms with E-state index in [1.807, 2.05) is 6.92 Å². The number of carbonyl (C=O) groups is 1. The summed E-state index contributed by atoms with van der Waals surface area (Å²) in [6, 6.07) is 0. The van der Waals surface area contributed by atoms with Crippen molar-refractivity contribution in [3.63, 3.8) is 0 Å². The van der Waals surface area contributed by atoms with Gasteiger partial charge in [0.2, 0.25) is 5.91 Å². The van der Waals surface area contributed by atoms with Gasteiger partial charge < -0.3 is 5.32 Å². The van der Waals surface area contributed by atoms with E-state index in [-0.39, 0.29) is 5.91 Å². The minimum Gasteiger partial charge on any atom is -0.355 e. The molecule has 0 aliphatic heterocycles. The van der Waals surface area contributed by atoms with Crippen molar-refractivity contribution in [1.82, 2.24) is 5.32 Å². The molecule has 1 N–H and O–H groups in total. The molecule has 0 saturated heterocycles. The average Bonchev–Trinajstić information content (AvgIpc) is 2.74. The van der Waals surface area contributed by atoms with E-state index in [9.17, 15) is 4.79 Å². The summed E-state index contributed by atoms with van der Waals surface area (Å²) >= 11 is 0. The number of hydrogen-bond acceptors (Lipinski definition) is 1. The predicted octanol–water partition coefficient (Wildman–Crippen LogP) is 2.49. The lowest BCUT2D eigenvalue weighted by atomic mass is 10.0. The molecule has 0 atom stereocenters. The normalized spacial score (nSPS) is 15.8. The third kappa shape index (κ3) is 5.47. The Balaban J connectivity index is 1.99. The first kappa shape index (κ1) is 12.1. The highest BCUT2D eigenvalue weighted by Gasteiger charge is 2.15. The van der Waals surface area contributed by atoms with Crippen LogP contribution < -0.4 is 5.32 Å². The minimum atomic E-state index is 0.194. The zero-order chi connectivity index (χ0) is 10.9. The first-order valence-corrected chi connectivity index (χ1v) is 5.99. The molecule has 1 saturated carbocycles. The van der Waals surface area contributed by atoms with Crippen molar-refractivity contribution < 1.29 is 4.79 Å². The zero-order valence-corrected chi connectivity index (χ0v) is 9.64. The third-order valence-electron chi connectivity index (χ3n) is 3.00. The van der Waals surface area contributed by atoms with Crippen LogP contribution in [0.2, 0.25) is 0 Å². The molecule has 1 amide bonds. The second kappa shape index (κ2) is 7.34. The number of carbonyl (C=O) groups excluding carboxylic acids is 1. The van der Waals surface area contributed by atoms with Gasteiger partial charge in [0, 0.05) is 19.4 Å². The van der Waals surface area contributed by atoms with Crippen molar-refractivity contribution in [2.75, 3.05) is 6.54 Å². The fourth-order valence-corrected chi connectivity index (χ4v) is 2.11. The summed E-state index contributed by atoms with van der Waals surface area (Å²) in [6.07, 6.45) is 7.92. The van der Waals surface area contributed by atoms with Gasteiger partial charge in [-0.15, -0.1) is 11.8 Å². The lowest BCUT2D eigenvalue weighted by molar-refractivity contribution is -0.121. The molecule has 0 aromatic heterocycles. The number of rotatable bonds is 5. The average molecular weight is 207 g/mol. The Morgan fingerprint density at radius 1 is 1.40 bits per heavy atom. The molecule has 0 radical (unpaired) electrons. The summed E-state index contributed by atoms with van der Waals surface area (Å²) in [5.74, 6) is 6.76. The summed E-state index contributed by atoms with van der Waals surface area (Å²) in [5.41, 5.74) is 0. The molecule has 0 aromatic carbocycles. The van der Waals surface area contributed by atoms with Crippen molar-refractivity contribution >= 4 is 5.91 Å². The summed E-state index contributed by atoms with van der Waals surface area (Å²) in [6.45, 7) is 2.52. The van der Waals surface area contributed by atoms with Crippen molar-refractivity contribution in [2.24, 2.45) is 5.92 Å². The first-order valence-electron chi connectivity index (χ1n) is 5.99. The van der Waals surface area contributed by atoms with Crippen LogP contribution in [0.15, 0.2) is 0 Å². The standard InChI is InChI=1S/C13H21NO/c1-2-3-6-11-14-13(15)10-9-12-7-4-5-8-12/h12H,4-11H2,1H3,(H,14,15). The van der Waals surface area contributed by atoms with E-state index in [0.717, 1.165) is 18.8 Å². The molecule has 0 spiro atoms. The summed E-state index contributed by atoms with van der Waals surface area (Å²) in [4.78, 5) is 11.4. The predicted molar refractivity (Wildman–Crippen MR) is 62.3 cm³/mol. The van der Waals surface area contributed by atoms with Gasteiger partial charge in [-0.05, 0) is 19.3 Å². The zero-order valence-electron chi connectivity index (χ0n) is 9.64. The fourth-order valence-electron chi connectivity index (χ4n) is 2.11. The molecular weight excluding hydrogens is 186 g/mol. The molecule has 0 heterocycles. The monoisotopic (exact) mass is 207 g/mol. The highest BCUT2D eigenvalue weighted by atomic mass is 16.1. The van der Waals surface area contributed by atoms with Crippen molar-refractivity contribution in [2.45, 2.75) is 51.9 Å². The summed E-state index contributed by atoms with van der Waals surface area (Å²) in [5, 5.41) is 2.90. The van der Waals surface area contributed by atoms with Gasteiger partial charge in [-0.1, -0.05) is 25.7 Å². The smallest absolute Gasteiger partial charge is 0.220 e. The van der Waals surface area contributed by atoms with Crippen molar-refractivity contribution in [3.05, 3.63) is 0 Å². The maximum Gasteiger partial charge on any atom is 0.220 e. The minimum absolute atomic E-state index is 0.194. The Kier molecular flexibility index (Phi) is 5.92. The van der Waals surface area contributed by atoms with E-state index >= 15 is 0 Å². The topological polar surface area (TPSA) is 29.1 Å². The Hall–Kier alpha value is -0.970. The molecule has 0 aromatic rings. The van der Waals surface area contributed by atoms with Gasteiger partial charge in [0.05, 0.1) is 0 Å². The summed E-state index contributed by atoms with van der Waals surface area (Å²) in [7, 11) is 0. The van der Waals surface area contributed by atoms with E-state index in [2.05, 4.69) is 17.2 Å². The molecule has 0 unspecified atom stereocenters. The molecule has 15 heavy (non-hydrogen) atoms. The molecule has 1 fully saturated rings. The van der Waals surface area contributed by atoms with Crippen LogP contribution in [0.25, 0.3) is 0 Å². The van der Waals surface area contributed by atoms with Crippen LogP contribution >= 0.6 is 0 Å². The van der Waals surface area contributed by atoms with Gasteiger partial charge in [0.1, 0.15) is 0 Å². The van der Waals surface area contributed by atoms with Gasteiger partial charge in [-0.2, -0.15) is 0 Å². The molecular formula is C13H21NO. The van der Waals surface area contributed by atoms with E-state index in [1.165, 1.54) is 25.7 Å². The lowest BCUT2D eigenvalue weighted by Gasteiger charge is -2.08. The van der Waals surface area contributed by atoms with Crippen LogP contribution in [0.1, 0.15) is 51.9 Å². The number of nitrogens with one attached hydrogen (secondary N) is 1. The van der Waals surface area contributed by atoms with Gasteiger partial charge >= 0.3 is 0 Å². The SMILES string of the molecule is CC#CCCNC(=O)CCC1CCCC1. The van der Waals surface area contributed by atoms with Crippen molar-refractivity contribution in [3.8, 4) is 11.8 Å². The van der Waals surface area contributed by atoms with Crippen LogP contribution in [-0.2, 0) is 4.79 Å². The molecule has 1 rings (SSSR count). The summed E-state index contributed by atoms with van der Waals surface area (Å²) < 4.78 is 0. The fraction of sp³-hybridized carbons (Fsp3) is 0.769. The Morgan fingerprint density at radius 3 is 2.80 bits per heavy atom. The first-order chi connectivity index (χ1) is 7.33. The van der Waals surface area contributed by atoms with Gasteiger partial charge in [-0.3, -0.25) is 4.79 Å². The van der Waals surface area contributed by atoms with Gasteiger partial charge in [-0.25, -0.2) is 0 Å². The molecule has 1 aliphatic carbocycles. The van der Waals surface area contributed by atoms with E-state index in [1.54, 1.807) is 0 Å². The number of amides is 1. The Morgan fingerprint density at radius 2 is 2.13 bits per heavy atom. The maximum absolute atomic E-state index is 11.4. The molecule has 2 nitrogen and oxygen atoms in total. The maximum atomic E-state index is 11.4. The van der Waals surface area contributed by atoms with Crippen LogP contribution in [0.5, 0.6) is 0 Å². The molecule has 2 heteroatoms. The van der Waals surface area contributed by atoms with Crippen LogP contribution in [-0.4, -0.2) is 12.5 Å². The van der Waals surface area contributed by atoms with Gasteiger partial charge in [0.15, 0.2) is 0 Å². The highest BCUT2D eigenvalue weighted by molar-refractivity contribution is 5.75. The van der Waals surface area contributed by atoms with E-state index in [0.29, 0.717) is 13.0 Å². The van der Waals surface area contributed by atoms with Crippen LogP contribution in [0, 0.1) is 17.8 Å². The quantitative estimate of drug-likeness (QED) is 0.544. The highest BCUT2D eigenvalue weighted by Crippen LogP contribution is 2.28. The van der Waals surface area contributed by atoms with Crippen LogP contribution in [0.3, 0.4) is 0 Å². The molecule has 0 bridgehead atoms. The van der Waals surface area contributed by atoms with E-state index < -0.39 is 0 Å². The van der Waals surface area contributed by atoms with Crippen LogP contribution in [0.4, 0.5) is 0 Å². The Labute approximate surface area is 92.8 Å². The third-order valence-corrected chi connectivity index (χ3v) is 3.00. The molecule has 84 valence electrons.